The van der Waals surface area contributed by atoms with Crippen LogP contribution in [0, 0.1) is 5.92 Å². The first kappa shape index (κ1) is 24.1. The van der Waals surface area contributed by atoms with Gasteiger partial charge in [-0.15, -0.1) is 35.3 Å². The Labute approximate surface area is 184 Å². The molecule has 2 rings (SSSR count). The van der Waals surface area contributed by atoms with Crippen molar-refractivity contribution >= 4 is 47.2 Å². The second kappa shape index (κ2) is 11.2. The molecule has 1 aliphatic rings. The minimum Gasteiger partial charge on any atom is -0.370 e. The summed E-state index contributed by atoms with van der Waals surface area (Å²) in [6.07, 6.45) is 3.45. The number of hydrogen-bond acceptors (Lipinski definition) is 4. The Hall–Kier alpha value is -0.900. The van der Waals surface area contributed by atoms with Gasteiger partial charge in [-0.1, -0.05) is 20.8 Å². The zero-order valence-corrected chi connectivity index (χ0v) is 20.1. The van der Waals surface area contributed by atoms with Gasteiger partial charge in [0.05, 0.1) is 10.7 Å². The third-order valence-electron chi connectivity index (χ3n) is 4.55. The maximum Gasteiger partial charge on any atom is 0.217 e. The van der Waals surface area contributed by atoms with E-state index in [-0.39, 0.29) is 35.3 Å². The number of nitrogens with two attached hydrogens (primary N) is 1. The molecule has 27 heavy (non-hydrogen) atoms. The highest BCUT2D eigenvalue weighted by Crippen LogP contribution is 2.24. The lowest BCUT2D eigenvalue weighted by atomic mass is 9.93. The number of aromatic nitrogens is 1. The number of aliphatic imine (C=N–C) groups is 1. The van der Waals surface area contributed by atoms with Gasteiger partial charge in [0.1, 0.15) is 0 Å². The fraction of sp³-hybridized carbons (Fsp3) is 0.737. The molecule has 1 aromatic rings. The van der Waals surface area contributed by atoms with Crippen molar-refractivity contribution in [1.82, 2.24) is 15.2 Å². The topological polar surface area (TPSA) is 83.6 Å². The highest BCUT2D eigenvalue weighted by Gasteiger charge is 2.23. The van der Waals surface area contributed by atoms with E-state index in [4.69, 9.17) is 15.7 Å². The molecule has 0 spiro atoms. The number of carbonyl (C=O) groups excluding carboxylic acids is 1. The molecule has 1 aromatic heterocycles. The minimum absolute atomic E-state index is 0. The molecule has 0 aliphatic carbocycles. The number of hydrogen-bond donors (Lipinski definition) is 2. The number of thiazole rings is 1. The average molecular weight is 507 g/mol. The lowest BCUT2D eigenvalue weighted by Gasteiger charge is -2.34. The fourth-order valence-electron chi connectivity index (χ4n) is 3.16. The Morgan fingerprint density at radius 2 is 2.22 bits per heavy atom. The van der Waals surface area contributed by atoms with Crippen LogP contribution in [-0.2, 0) is 16.6 Å². The summed E-state index contributed by atoms with van der Waals surface area (Å²) in [4.78, 5) is 23.0. The van der Waals surface area contributed by atoms with Crippen LogP contribution in [0.4, 0.5) is 0 Å². The van der Waals surface area contributed by atoms with Crippen molar-refractivity contribution in [3.05, 3.63) is 16.1 Å². The number of amides is 1. The van der Waals surface area contributed by atoms with Crippen LogP contribution in [0.2, 0.25) is 0 Å². The van der Waals surface area contributed by atoms with Gasteiger partial charge in [-0.25, -0.2) is 4.98 Å². The normalized spacial score (nSPS) is 18.1. The number of rotatable bonds is 6. The van der Waals surface area contributed by atoms with Gasteiger partial charge in [-0.3, -0.25) is 9.79 Å². The zero-order valence-electron chi connectivity index (χ0n) is 17.0. The summed E-state index contributed by atoms with van der Waals surface area (Å²) in [7, 11) is 0. The number of guanidine groups is 1. The van der Waals surface area contributed by atoms with Crippen LogP contribution in [0.1, 0.15) is 57.7 Å². The summed E-state index contributed by atoms with van der Waals surface area (Å²) < 4.78 is 0. The van der Waals surface area contributed by atoms with Crippen molar-refractivity contribution in [1.29, 1.82) is 0 Å². The molecular weight excluding hydrogens is 473 g/mol. The van der Waals surface area contributed by atoms with E-state index in [1.165, 1.54) is 0 Å². The van der Waals surface area contributed by atoms with Crippen LogP contribution in [0.3, 0.4) is 0 Å². The summed E-state index contributed by atoms with van der Waals surface area (Å²) >= 11 is 1.72. The summed E-state index contributed by atoms with van der Waals surface area (Å²) in [5.74, 6) is 1.06. The number of piperidine rings is 1. The molecule has 0 radical (unpaired) electrons. The Morgan fingerprint density at radius 1 is 1.48 bits per heavy atom. The van der Waals surface area contributed by atoms with Crippen molar-refractivity contribution in [3.8, 4) is 0 Å². The highest BCUT2D eigenvalue weighted by molar-refractivity contribution is 14.0. The first-order chi connectivity index (χ1) is 12.3. The van der Waals surface area contributed by atoms with Gasteiger partial charge in [0, 0.05) is 49.8 Å². The molecule has 0 bridgehead atoms. The first-order valence-electron chi connectivity index (χ1n) is 9.56. The van der Waals surface area contributed by atoms with Crippen LogP contribution in [0.25, 0.3) is 0 Å². The largest absolute Gasteiger partial charge is 0.370 e. The monoisotopic (exact) mass is 507 g/mol. The molecule has 1 aliphatic heterocycles. The SMILES string of the molecule is CCNC(=NCCc1nc(C(C)(C)C)cs1)N1CCCC(CC(N)=O)C1.I. The maximum absolute atomic E-state index is 11.2. The maximum atomic E-state index is 11.2. The van der Waals surface area contributed by atoms with E-state index in [1.54, 1.807) is 11.3 Å². The standard InChI is InChI=1S/C19H33N5OS.HI/c1-5-21-18(24-10-6-7-14(12-24)11-16(20)25)22-9-8-17-23-15(13-26-17)19(2,3)4;/h13-14H,5-12H2,1-4H3,(H2,20,25)(H,21,22);1H. The third-order valence-corrected chi connectivity index (χ3v) is 5.46. The van der Waals surface area contributed by atoms with E-state index in [9.17, 15) is 4.79 Å². The van der Waals surface area contributed by atoms with E-state index in [0.29, 0.717) is 12.3 Å². The number of likely N-dealkylation sites (tertiary alicyclic amines) is 1. The molecule has 3 N–H and O–H groups in total. The van der Waals surface area contributed by atoms with Gasteiger partial charge in [0.2, 0.25) is 5.91 Å². The van der Waals surface area contributed by atoms with Gasteiger partial charge in [0.15, 0.2) is 5.96 Å². The third kappa shape index (κ3) is 7.93. The van der Waals surface area contributed by atoms with Gasteiger partial charge in [-0.2, -0.15) is 0 Å². The van der Waals surface area contributed by atoms with E-state index < -0.39 is 0 Å². The molecule has 0 aromatic carbocycles. The number of primary amides is 1. The second-order valence-corrected chi connectivity index (χ2v) is 8.93. The predicted molar refractivity (Wildman–Crippen MR) is 124 cm³/mol. The number of carbonyl (C=O) groups is 1. The van der Waals surface area contributed by atoms with Crippen molar-refractivity contribution in [3.63, 3.8) is 0 Å². The smallest absolute Gasteiger partial charge is 0.217 e. The Morgan fingerprint density at radius 3 is 2.81 bits per heavy atom. The van der Waals surface area contributed by atoms with Crippen LogP contribution < -0.4 is 11.1 Å². The van der Waals surface area contributed by atoms with Crippen molar-refractivity contribution in [2.75, 3.05) is 26.2 Å². The minimum atomic E-state index is -0.211. The molecule has 1 fully saturated rings. The Balaban J connectivity index is 0.00000364. The quantitative estimate of drug-likeness (QED) is 0.352. The molecular formula is C19H34IN5OS. The van der Waals surface area contributed by atoms with E-state index >= 15 is 0 Å². The van der Waals surface area contributed by atoms with Crippen LogP contribution >= 0.6 is 35.3 Å². The van der Waals surface area contributed by atoms with E-state index in [1.807, 2.05) is 0 Å². The van der Waals surface area contributed by atoms with Crippen molar-refractivity contribution in [2.24, 2.45) is 16.6 Å². The van der Waals surface area contributed by atoms with Crippen molar-refractivity contribution in [2.45, 2.75) is 58.8 Å². The Bertz CT molecular complexity index is 626. The molecule has 8 heteroatoms. The summed E-state index contributed by atoms with van der Waals surface area (Å²) in [5.41, 5.74) is 6.62. The average Bonchev–Trinajstić information content (AvgIpc) is 3.03. The lowest BCUT2D eigenvalue weighted by molar-refractivity contribution is -0.119. The fourth-order valence-corrected chi connectivity index (χ4v) is 4.18. The van der Waals surface area contributed by atoms with E-state index in [0.717, 1.165) is 62.1 Å². The highest BCUT2D eigenvalue weighted by atomic mass is 127. The number of halogens is 1. The molecule has 1 amide bonds. The summed E-state index contributed by atoms with van der Waals surface area (Å²) in [5, 5.41) is 6.68. The molecule has 6 nitrogen and oxygen atoms in total. The molecule has 1 atom stereocenters. The van der Waals surface area contributed by atoms with Gasteiger partial charge >= 0.3 is 0 Å². The lowest BCUT2D eigenvalue weighted by Crippen LogP contribution is -2.47. The molecule has 0 saturated carbocycles. The van der Waals surface area contributed by atoms with Crippen LogP contribution in [0.15, 0.2) is 10.4 Å². The van der Waals surface area contributed by atoms with Gasteiger partial charge < -0.3 is 16.0 Å². The summed E-state index contributed by atoms with van der Waals surface area (Å²) in [6.45, 7) is 12.0. The zero-order chi connectivity index (χ0) is 19.2. The molecule has 154 valence electrons. The van der Waals surface area contributed by atoms with Crippen LogP contribution in [0.5, 0.6) is 0 Å². The molecule has 1 saturated heterocycles. The molecule has 1 unspecified atom stereocenters. The second-order valence-electron chi connectivity index (χ2n) is 7.99. The first-order valence-corrected chi connectivity index (χ1v) is 10.4. The van der Waals surface area contributed by atoms with Gasteiger partial charge in [0.25, 0.3) is 0 Å². The number of nitrogens with zero attached hydrogens (tertiary/aromatic N) is 3. The molecule has 2 heterocycles. The van der Waals surface area contributed by atoms with E-state index in [2.05, 4.69) is 43.3 Å². The summed E-state index contributed by atoms with van der Waals surface area (Å²) in [6, 6.07) is 0. The van der Waals surface area contributed by atoms with Gasteiger partial charge in [-0.05, 0) is 25.7 Å². The predicted octanol–water partition coefficient (Wildman–Crippen LogP) is 3.15. The Kier molecular flexibility index (Phi) is 10.0. The van der Waals surface area contributed by atoms with Crippen molar-refractivity contribution < 1.29 is 4.79 Å². The van der Waals surface area contributed by atoms with Crippen LogP contribution in [-0.4, -0.2) is 47.9 Å². The number of nitrogens with one attached hydrogen (secondary N) is 1.